The number of aromatic nitrogens is 2. The SMILES string of the molecule is CC(C)(C)C(NC(=O)c1nn(Cc2ccc(F)cc2)c2ccccc12)C(=O)NCC(=O)O. The number of para-hydroxylation sites is 1. The molecule has 32 heavy (non-hydrogen) atoms. The highest BCUT2D eigenvalue weighted by Crippen LogP contribution is 2.23. The van der Waals surface area contributed by atoms with Crippen molar-refractivity contribution in [3.05, 3.63) is 65.6 Å². The number of hydrogen-bond donors (Lipinski definition) is 3. The summed E-state index contributed by atoms with van der Waals surface area (Å²) in [7, 11) is 0. The molecule has 0 spiro atoms. The standard InChI is InChI=1S/C23H25FN4O4/c1-23(2,3)20(22(32)25-12-18(29)30)26-21(31)19-16-6-4-5-7-17(16)28(27-19)13-14-8-10-15(24)11-9-14/h4-11,20H,12-13H2,1-3H3,(H,25,32)(H,26,31)(H,29,30). The molecule has 3 rings (SSSR count). The predicted octanol–water partition coefficient (Wildman–Crippen LogP) is 2.57. The normalized spacial score (nSPS) is 12.4. The van der Waals surface area contributed by atoms with Gasteiger partial charge in [-0.15, -0.1) is 0 Å². The van der Waals surface area contributed by atoms with Crippen molar-refractivity contribution in [2.45, 2.75) is 33.4 Å². The number of amides is 2. The second-order valence-electron chi connectivity index (χ2n) is 8.53. The van der Waals surface area contributed by atoms with E-state index in [2.05, 4.69) is 15.7 Å². The largest absolute Gasteiger partial charge is 0.480 e. The third-order valence-corrected chi connectivity index (χ3v) is 4.94. The number of aliphatic carboxylic acids is 1. The van der Waals surface area contributed by atoms with Gasteiger partial charge in [-0.1, -0.05) is 51.1 Å². The molecule has 8 nitrogen and oxygen atoms in total. The molecule has 0 bridgehead atoms. The van der Waals surface area contributed by atoms with Crippen molar-refractivity contribution < 1.29 is 23.9 Å². The van der Waals surface area contributed by atoms with Gasteiger partial charge in [-0.25, -0.2) is 4.39 Å². The summed E-state index contributed by atoms with van der Waals surface area (Å²) in [5.74, 6) is -2.66. The molecule has 1 heterocycles. The van der Waals surface area contributed by atoms with Crippen LogP contribution in [-0.4, -0.2) is 45.3 Å². The van der Waals surface area contributed by atoms with Crippen LogP contribution < -0.4 is 10.6 Å². The number of rotatable bonds is 7. The van der Waals surface area contributed by atoms with Crippen LogP contribution in [0.2, 0.25) is 0 Å². The van der Waals surface area contributed by atoms with Crippen LogP contribution in [0.4, 0.5) is 4.39 Å². The average molecular weight is 440 g/mol. The summed E-state index contributed by atoms with van der Waals surface area (Å²) in [5.41, 5.74) is 0.991. The summed E-state index contributed by atoms with van der Waals surface area (Å²) in [6.07, 6.45) is 0. The van der Waals surface area contributed by atoms with Crippen molar-refractivity contribution in [2.24, 2.45) is 5.41 Å². The third-order valence-electron chi connectivity index (χ3n) is 4.94. The van der Waals surface area contributed by atoms with E-state index >= 15 is 0 Å². The molecule has 0 radical (unpaired) electrons. The Morgan fingerprint density at radius 3 is 2.38 bits per heavy atom. The lowest BCUT2D eigenvalue weighted by molar-refractivity contribution is -0.138. The molecule has 2 amide bonds. The Morgan fingerprint density at radius 1 is 1.09 bits per heavy atom. The summed E-state index contributed by atoms with van der Waals surface area (Å²) in [6.45, 7) is 5.09. The molecular formula is C23H25FN4O4. The minimum absolute atomic E-state index is 0.142. The van der Waals surface area contributed by atoms with Crippen molar-refractivity contribution in [1.82, 2.24) is 20.4 Å². The number of hydrogen-bond acceptors (Lipinski definition) is 4. The summed E-state index contributed by atoms with van der Waals surface area (Å²) >= 11 is 0. The smallest absolute Gasteiger partial charge is 0.322 e. The fourth-order valence-corrected chi connectivity index (χ4v) is 3.32. The first-order valence-electron chi connectivity index (χ1n) is 10.1. The summed E-state index contributed by atoms with van der Waals surface area (Å²) < 4.78 is 14.9. The van der Waals surface area contributed by atoms with E-state index < -0.39 is 35.8 Å². The molecule has 0 aliphatic heterocycles. The van der Waals surface area contributed by atoms with Gasteiger partial charge in [0.2, 0.25) is 5.91 Å². The van der Waals surface area contributed by atoms with Gasteiger partial charge in [0, 0.05) is 5.39 Å². The van der Waals surface area contributed by atoms with Crippen LogP contribution in [-0.2, 0) is 16.1 Å². The highest BCUT2D eigenvalue weighted by molar-refractivity contribution is 6.06. The van der Waals surface area contributed by atoms with Gasteiger partial charge in [0.25, 0.3) is 5.91 Å². The number of fused-ring (bicyclic) bond motifs is 1. The van der Waals surface area contributed by atoms with E-state index in [0.717, 1.165) is 5.56 Å². The lowest BCUT2D eigenvalue weighted by Gasteiger charge is -2.30. The Hall–Kier alpha value is -3.75. The maximum absolute atomic E-state index is 13.2. The first-order valence-corrected chi connectivity index (χ1v) is 10.1. The maximum Gasteiger partial charge on any atom is 0.322 e. The van der Waals surface area contributed by atoms with E-state index in [0.29, 0.717) is 17.4 Å². The Bertz CT molecular complexity index is 1150. The van der Waals surface area contributed by atoms with Gasteiger partial charge < -0.3 is 15.7 Å². The number of carboxylic acids is 1. The summed E-state index contributed by atoms with van der Waals surface area (Å²) in [6, 6.07) is 12.2. The Kier molecular flexibility index (Phi) is 6.57. The zero-order chi connectivity index (χ0) is 23.5. The number of benzene rings is 2. The Labute approximate surface area is 184 Å². The average Bonchev–Trinajstić information content (AvgIpc) is 3.09. The highest BCUT2D eigenvalue weighted by Gasteiger charge is 2.34. The van der Waals surface area contributed by atoms with Gasteiger partial charge in [0.1, 0.15) is 18.4 Å². The quantitative estimate of drug-likeness (QED) is 0.523. The van der Waals surface area contributed by atoms with Crippen LogP contribution in [0.5, 0.6) is 0 Å². The molecular weight excluding hydrogens is 415 g/mol. The van der Waals surface area contributed by atoms with E-state index in [1.54, 1.807) is 49.7 Å². The van der Waals surface area contributed by atoms with Crippen LogP contribution >= 0.6 is 0 Å². The molecule has 3 N–H and O–H groups in total. The van der Waals surface area contributed by atoms with Crippen LogP contribution in [0.15, 0.2) is 48.5 Å². The molecule has 0 fully saturated rings. The van der Waals surface area contributed by atoms with Crippen molar-refractivity contribution in [2.75, 3.05) is 6.54 Å². The Morgan fingerprint density at radius 2 is 1.75 bits per heavy atom. The molecule has 0 aliphatic carbocycles. The van der Waals surface area contributed by atoms with Crippen molar-refractivity contribution >= 4 is 28.7 Å². The molecule has 168 valence electrons. The molecule has 0 saturated heterocycles. The van der Waals surface area contributed by atoms with Crippen LogP contribution in [0.1, 0.15) is 36.8 Å². The minimum atomic E-state index is -1.18. The molecule has 0 saturated carbocycles. The van der Waals surface area contributed by atoms with Gasteiger partial charge >= 0.3 is 5.97 Å². The first-order chi connectivity index (χ1) is 15.1. The van der Waals surface area contributed by atoms with E-state index in [4.69, 9.17) is 5.11 Å². The van der Waals surface area contributed by atoms with Crippen molar-refractivity contribution in [1.29, 1.82) is 0 Å². The number of nitrogens with one attached hydrogen (secondary N) is 2. The van der Waals surface area contributed by atoms with Gasteiger partial charge in [-0.05, 0) is 29.2 Å². The van der Waals surface area contributed by atoms with Gasteiger partial charge in [-0.2, -0.15) is 5.10 Å². The van der Waals surface area contributed by atoms with Crippen LogP contribution in [0, 0.1) is 11.2 Å². The predicted molar refractivity (Wildman–Crippen MR) is 117 cm³/mol. The molecule has 1 unspecified atom stereocenters. The molecule has 9 heteroatoms. The number of carboxylic acid groups (broad SMARTS) is 1. The monoisotopic (exact) mass is 440 g/mol. The third kappa shape index (κ3) is 5.29. The van der Waals surface area contributed by atoms with Crippen molar-refractivity contribution in [3.63, 3.8) is 0 Å². The Balaban J connectivity index is 1.90. The van der Waals surface area contributed by atoms with Crippen LogP contribution in [0.3, 0.4) is 0 Å². The lowest BCUT2D eigenvalue weighted by atomic mass is 9.86. The summed E-state index contributed by atoms with van der Waals surface area (Å²) in [4.78, 5) is 36.5. The first kappa shape index (κ1) is 22.9. The van der Waals surface area contributed by atoms with E-state index in [1.165, 1.54) is 12.1 Å². The van der Waals surface area contributed by atoms with Crippen LogP contribution in [0.25, 0.3) is 10.9 Å². The maximum atomic E-state index is 13.2. The lowest BCUT2D eigenvalue weighted by Crippen LogP contribution is -2.54. The van der Waals surface area contributed by atoms with E-state index in [9.17, 15) is 18.8 Å². The van der Waals surface area contributed by atoms with Gasteiger partial charge in [0.15, 0.2) is 5.69 Å². The second-order valence-corrected chi connectivity index (χ2v) is 8.53. The molecule has 1 atom stereocenters. The fraction of sp³-hybridized carbons (Fsp3) is 0.304. The second kappa shape index (κ2) is 9.17. The molecule has 3 aromatic rings. The summed E-state index contributed by atoms with van der Waals surface area (Å²) in [5, 5.41) is 18.9. The number of nitrogens with zero attached hydrogens (tertiary/aromatic N) is 2. The molecule has 1 aromatic heterocycles. The molecule has 0 aliphatic rings. The fourth-order valence-electron chi connectivity index (χ4n) is 3.32. The van der Waals surface area contributed by atoms with E-state index in [-0.39, 0.29) is 11.5 Å². The number of carbonyl (C=O) groups is 3. The van der Waals surface area contributed by atoms with Gasteiger partial charge in [0.05, 0.1) is 12.1 Å². The van der Waals surface area contributed by atoms with Gasteiger partial charge in [-0.3, -0.25) is 19.1 Å². The molecule has 2 aromatic carbocycles. The zero-order valence-corrected chi connectivity index (χ0v) is 18.1. The number of carbonyl (C=O) groups excluding carboxylic acids is 2. The zero-order valence-electron chi connectivity index (χ0n) is 18.1. The van der Waals surface area contributed by atoms with E-state index in [1.807, 2.05) is 12.1 Å². The van der Waals surface area contributed by atoms with Crippen molar-refractivity contribution in [3.8, 4) is 0 Å². The topological polar surface area (TPSA) is 113 Å². The number of halogens is 1. The minimum Gasteiger partial charge on any atom is -0.480 e. The highest BCUT2D eigenvalue weighted by atomic mass is 19.1.